The fraction of sp³-hybridized carbons (Fsp3) is 0.938. The molecule has 2 saturated carbocycles. The zero-order valence-electron chi connectivity index (χ0n) is 13.6. The predicted octanol–water partition coefficient (Wildman–Crippen LogP) is 4.15. The van der Waals surface area contributed by atoms with Gasteiger partial charge in [-0.25, -0.2) is 0 Å². The van der Waals surface area contributed by atoms with Crippen molar-refractivity contribution in [3.8, 4) is 0 Å². The molecule has 20 heavy (non-hydrogen) atoms. The van der Waals surface area contributed by atoms with Gasteiger partial charge in [0.25, 0.3) is 0 Å². The van der Waals surface area contributed by atoms with Crippen molar-refractivity contribution < 1.29 is 14.3 Å². The first kappa shape index (κ1) is 16.0. The Morgan fingerprint density at radius 1 is 1.15 bits per heavy atom. The molecular weight excluding hydrogens is 268 g/mol. The van der Waals surface area contributed by atoms with E-state index in [2.05, 4.69) is 33.9 Å². The van der Waals surface area contributed by atoms with E-state index in [1.807, 2.05) is 0 Å². The summed E-state index contributed by atoms with van der Waals surface area (Å²) >= 11 is 0. The van der Waals surface area contributed by atoms with Gasteiger partial charge in [0, 0.05) is 6.61 Å². The van der Waals surface area contributed by atoms with Gasteiger partial charge in [-0.05, 0) is 61.6 Å². The summed E-state index contributed by atoms with van der Waals surface area (Å²) in [6, 6.07) is 0. The number of aliphatic carboxylic acids is 1. The Balaban J connectivity index is 1.79. The molecule has 2 aliphatic carbocycles. The smallest absolute Gasteiger partial charge is 0.307 e. The SMILES string of the molecule is CC(C)(C)[Si](C)(C)OCC1CC[C@@H]2C(C(=O)O)[C@@H]2CC1. The summed E-state index contributed by atoms with van der Waals surface area (Å²) in [6.45, 7) is 12.3. The Morgan fingerprint density at radius 2 is 1.65 bits per heavy atom. The molecule has 2 aliphatic rings. The summed E-state index contributed by atoms with van der Waals surface area (Å²) in [4.78, 5) is 11.1. The average molecular weight is 298 g/mol. The molecule has 0 spiro atoms. The fourth-order valence-corrected chi connectivity index (χ4v) is 4.39. The third-order valence-electron chi connectivity index (χ3n) is 5.92. The molecular formula is C16H30O3Si. The molecule has 0 bridgehead atoms. The van der Waals surface area contributed by atoms with Gasteiger partial charge in [0.05, 0.1) is 5.92 Å². The molecule has 3 nitrogen and oxygen atoms in total. The number of rotatable bonds is 4. The maximum atomic E-state index is 11.1. The summed E-state index contributed by atoms with van der Waals surface area (Å²) in [5.74, 6) is 0.968. The summed E-state index contributed by atoms with van der Waals surface area (Å²) in [6.07, 6.45) is 4.49. The van der Waals surface area contributed by atoms with Gasteiger partial charge in [0.2, 0.25) is 0 Å². The van der Waals surface area contributed by atoms with Crippen molar-refractivity contribution in [3.05, 3.63) is 0 Å². The molecule has 0 saturated heterocycles. The van der Waals surface area contributed by atoms with E-state index in [1.165, 1.54) is 0 Å². The molecule has 0 aliphatic heterocycles. The van der Waals surface area contributed by atoms with Crippen LogP contribution >= 0.6 is 0 Å². The molecule has 2 fully saturated rings. The van der Waals surface area contributed by atoms with E-state index in [9.17, 15) is 4.79 Å². The Bertz CT molecular complexity index is 358. The van der Waals surface area contributed by atoms with Crippen molar-refractivity contribution in [1.29, 1.82) is 0 Å². The van der Waals surface area contributed by atoms with E-state index in [0.717, 1.165) is 32.3 Å². The summed E-state index contributed by atoms with van der Waals surface area (Å²) in [5, 5.41) is 9.39. The molecule has 0 aromatic heterocycles. The van der Waals surface area contributed by atoms with Gasteiger partial charge in [-0.3, -0.25) is 4.79 Å². The second-order valence-corrected chi connectivity index (χ2v) is 13.1. The van der Waals surface area contributed by atoms with Gasteiger partial charge in [0.1, 0.15) is 0 Å². The lowest BCUT2D eigenvalue weighted by molar-refractivity contribution is -0.139. The molecule has 4 atom stereocenters. The molecule has 0 aromatic rings. The minimum atomic E-state index is -1.64. The van der Waals surface area contributed by atoms with Gasteiger partial charge in [-0.15, -0.1) is 0 Å². The van der Waals surface area contributed by atoms with Crippen molar-refractivity contribution >= 4 is 14.3 Å². The van der Waals surface area contributed by atoms with Crippen molar-refractivity contribution in [3.63, 3.8) is 0 Å². The summed E-state index contributed by atoms with van der Waals surface area (Å²) in [7, 11) is -1.64. The van der Waals surface area contributed by atoms with Crippen LogP contribution in [0.2, 0.25) is 18.1 Å². The third kappa shape index (κ3) is 3.27. The van der Waals surface area contributed by atoms with Crippen LogP contribution < -0.4 is 0 Å². The first-order valence-electron chi connectivity index (χ1n) is 8.00. The van der Waals surface area contributed by atoms with Crippen LogP contribution in [-0.4, -0.2) is 26.0 Å². The highest BCUT2D eigenvalue weighted by Crippen LogP contribution is 2.55. The molecule has 0 aromatic carbocycles. The lowest BCUT2D eigenvalue weighted by atomic mass is 9.98. The predicted molar refractivity (Wildman–Crippen MR) is 83.2 cm³/mol. The monoisotopic (exact) mass is 298 g/mol. The van der Waals surface area contributed by atoms with Crippen LogP contribution in [0.4, 0.5) is 0 Å². The Labute approximate surface area is 124 Å². The van der Waals surface area contributed by atoms with E-state index >= 15 is 0 Å². The topological polar surface area (TPSA) is 46.5 Å². The quantitative estimate of drug-likeness (QED) is 0.793. The number of hydrogen-bond acceptors (Lipinski definition) is 2. The van der Waals surface area contributed by atoms with Gasteiger partial charge in [-0.2, -0.15) is 0 Å². The molecule has 0 radical (unpaired) electrons. The zero-order valence-corrected chi connectivity index (χ0v) is 14.6. The maximum Gasteiger partial charge on any atom is 0.307 e. The summed E-state index contributed by atoms with van der Waals surface area (Å²) < 4.78 is 6.34. The Morgan fingerprint density at radius 3 is 2.05 bits per heavy atom. The van der Waals surface area contributed by atoms with E-state index in [1.54, 1.807) is 0 Å². The number of carbonyl (C=O) groups is 1. The van der Waals surface area contributed by atoms with Crippen molar-refractivity contribution in [2.45, 2.75) is 64.6 Å². The molecule has 2 rings (SSSR count). The van der Waals surface area contributed by atoms with Crippen molar-refractivity contribution in [2.75, 3.05) is 6.61 Å². The number of carboxylic acid groups (broad SMARTS) is 1. The zero-order chi connectivity index (χ0) is 15.1. The molecule has 0 amide bonds. The molecule has 0 heterocycles. The van der Waals surface area contributed by atoms with Crippen LogP contribution in [0.15, 0.2) is 0 Å². The number of carboxylic acids is 1. The number of fused-ring (bicyclic) bond motifs is 1. The largest absolute Gasteiger partial charge is 0.481 e. The number of hydrogen-bond donors (Lipinski definition) is 1. The van der Waals surface area contributed by atoms with Gasteiger partial charge in [0.15, 0.2) is 8.32 Å². The van der Waals surface area contributed by atoms with Crippen LogP contribution in [0, 0.1) is 23.7 Å². The standard InChI is InChI=1S/C16H30O3Si/c1-16(2,3)20(4,5)19-10-11-6-8-12-13(9-7-11)14(12)15(17)18/h11-14H,6-10H2,1-5H3,(H,17,18)/t11?,12-,13+,14?. The Kier molecular flexibility index (Phi) is 4.37. The highest BCUT2D eigenvalue weighted by atomic mass is 28.4. The second-order valence-electron chi connectivity index (χ2n) is 8.28. The highest BCUT2D eigenvalue weighted by Gasteiger charge is 2.55. The van der Waals surface area contributed by atoms with Crippen molar-refractivity contribution in [2.24, 2.45) is 23.7 Å². The first-order valence-corrected chi connectivity index (χ1v) is 10.9. The van der Waals surface area contributed by atoms with E-state index in [4.69, 9.17) is 9.53 Å². The minimum Gasteiger partial charge on any atom is -0.481 e. The van der Waals surface area contributed by atoms with E-state index in [0.29, 0.717) is 17.8 Å². The molecule has 116 valence electrons. The van der Waals surface area contributed by atoms with Crippen LogP contribution in [0.3, 0.4) is 0 Å². The summed E-state index contributed by atoms with van der Waals surface area (Å²) in [5.41, 5.74) is 0. The van der Waals surface area contributed by atoms with Crippen LogP contribution in [0.1, 0.15) is 46.5 Å². The minimum absolute atomic E-state index is 0.0303. The second kappa shape index (κ2) is 5.45. The normalized spacial score (nSPS) is 34.2. The lowest BCUT2D eigenvalue weighted by Gasteiger charge is -2.37. The Hall–Kier alpha value is -0.353. The first-order chi connectivity index (χ1) is 9.13. The van der Waals surface area contributed by atoms with Crippen LogP contribution in [0.25, 0.3) is 0 Å². The average Bonchev–Trinajstić information content (AvgIpc) is 3.00. The van der Waals surface area contributed by atoms with Crippen LogP contribution in [-0.2, 0) is 9.22 Å². The van der Waals surface area contributed by atoms with E-state index < -0.39 is 14.3 Å². The van der Waals surface area contributed by atoms with Gasteiger partial charge in [-0.1, -0.05) is 20.8 Å². The molecule has 4 heteroatoms. The van der Waals surface area contributed by atoms with Crippen molar-refractivity contribution in [1.82, 2.24) is 0 Å². The fourth-order valence-electron chi connectivity index (χ4n) is 3.31. The lowest BCUT2D eigenvalue weighted by Crippen LogP contribution is -2.42. The van der Waals surface area contributed by atoms with Crippen LogP contribution in [0.5, 0.6) is 0 Å². The molecule has 1 N–H and O–H groups in total. The highest BCUT2D eigenvalue weighted by molar-refractivity contribution is 6.74. The maximum absolute atomic E-state index is 11.1. The third-order valence-corrected chi connectivity index (χ3v) is 10.4. The van der Waals surface area contributed by atoms with E-state index in [-0.39, 0.29) is 11.0 Å². The van der Waals surface area contributed by atoms with Gasteiger partial charge < -0.3 is 9.53 Å². The molecule has 2 unspecified atom stereocenters. The van der Waals surface area contributed by atoms with Gasteiger partial charge >= 0.3 is 5.97 Å².